The summed E-state index contributed by atoms with van der Waals surface area (Å²) < 4.78 is 3.73. The smallest absolute Gasteiger partial charge is 0.318 e. The highest BCUT2D eigenvalue weighted by Crippen LogP contribution is 2.27. The fraction of sp³-hybridized carbons (Fsp3) is 0.0870. The van der Waals surface area contributed by atoms with Gasteiger partial charge < -0.3 is 4.57 Å². The number of amides is 4. The lowest BCUT2D eigenvalue weighted by Gasteiger charge is -2.26. The maximum atomic E-state index is 13.1. The second-order valence-corrected chi connectivity index (χ2v) is 8.91. The highest BCUT2D eigenvalue weighted by molar-refractivity contribution is 9.10. The van der Waals surface area contributed by atoms with Crippen LogP contribution in [0, 0.1) is 13.8 Å². The van der Waals surface area contributed by atoms with Gasteiger partial charge in [0.25, 0.3) is 11.8 Å². The minimum absolute atomic E-state index is 0.101. The van der Waals surface area contributed by atoms with Gasteiger partial charge in [-0.25, -0.2) is 9.69 Å². The number of imide groups is 2. The average molecular weight is 543 g/mol. The largest absolute Gasteiger partial charge is 0.335 e. The zero-order chi connectivity index (χ0) is 22.3. The Kier molecular flexibility index (Phi) is 5.68. The third-order valence-electron chi connectivity index (χ3n) is 5.02. The monoisotopic (exact) mass is 541 g/mol. The normalized spacial score (nSPS) is 15.5. The van der Waals surface area contributed by atoms with Gasteiger partial charge in [0.15, 0.2) is 0 Å². The second-order valence-electron chi connectivity index (χ2n) is 7.08. The van der Waals surface area contributed by atoms with Crippen LogP contribution in [-0.4, -0.2) is 22.4 Å². The van der Waals surface area contributed by atoms with Crippen LogP contribution < -0.4 is 10.2 Å². The van der Waals surface area contributed by atoms with E-state index in [-0.39, 0.29) is 5.57 Å². The topological polar surface area (TPSA) is 71.4 Å². The minimum Gasteiger partial charge on any atom is -0.318 e. The molecule has 0 spiro atoms. The van der Waals surface area contributed by atoms with Crippen LogP contribution in [0.25, 0.3) is 11.8 Å². The molecule has 1 aliphatic rings. The molecule has 1 N–H and O–H groups in total. The van der Waals surface area contributed by atoms with Crippen LogP contribution in [0.4, 0.5) is 10.5 Å². The van der Waals surface area contributed by atoms with Gasteiger partial charge in [0.1, 0.15) is 5.57 Å². The lowest BCUT2D eigenvalue weighted by Crippen LogP contribution is -2.54. The van der Waals surface area contributed by atoms with Gasteiger partial charge in [-0.15, -0.1) is 0 Å². The number of hydrogen-bond acceptors (Lipinski definition) is 3. The Morgan fingerprint density at radius 3 is 2.26 bits per heavy atom. The van der Waals surface area contributed by atoms with Gasteiger partial charge in [-0.2, -0.15) is 0 Å². The van der Waals surface area contributed by atoms with Crippen molar-refractivity contribution in [2.24, 2.45) is 0 Å². The summed E-state index contributed by atoms with van der Waals surface area (Å²) in [5.41, 5.74) is 3.79. The van der Waals surface area contributed by atoms with Gasteiger partial charge in [0, 0.05) is 26.0 Å². The lowest BCUT2D eigenvalue weighted by molar-refractivity contribution is -0.122. The van der Waals surface area contributed by atoms with Crippen molar-refractivity contribution in [1.82, 2.24) is 9.88 Å². The number of nitrogens with one attached hydrogen (secondary N) is 1. The first-order valence-corrected chi connectivity index (χ1v) is 11.0. The van der Waals surface area contributed by atoms with E-state index >= 15 is 0 Å². The molecule has 0 radical (unpaired) electrons. The first kappa shape index (κ1) is 21.3. The first-order valence-electron chi connectivity index (χ1n) is 9.38. The molecule has 8 heteroatoms. The van der Waals surface area contributed by atoms with Gasteiger partial charge in [0.05, 0.1) is 5.69 Å². The summed E-state index contributed by atoms with van der Waals surface area (Å²) in [6, 6.07) is 15.8. The molecule has 0 bridgehead atoms. The van der Waals surface area contributed by atoms with Crippen LogP contribution in [-0.2, 0) is 9.59 Å². The molecule has 0 saturated carbocycles. The lowest BCUT2D eigenvalue weighted by atomic mass is 10.1. The van der Waals surface area contributed by atoms with Gasteiger partial charge in [0.2, 0.25) is 0 Å². The predicted molar refractivity (Wildman–Crippen MR) is 126 cm³/mol. The molecule has 1 saturated heterocycles. The fourth-order valence-corrected chi connectivity index (χ4v) is 4.24. The SMILES string of the molecule is Cc1cc(/C=C2/C(=O)NC(=O)N(c3cccc(Br)c3)C2=O)c(C)n1-c1ccc(Br)cc1. The van der Waals surface area contributed by atoms with E-state index in [0.717, 1.165) is 32.0 Å². The van der Waals surface area contributed by atoms with Crippen LogP contribution in [0.15, 0.2) is 69.1 Å². The van der Waals surface area contributed by atoms with E-state index in [4.69, 9.17) is 0 Å². The molecule has 1 aliphatic heterocycles. The zero-order valence-corrected chi connectivity index (χ0v) is 19.8. The van der Waals surface area contributed by atoms with E-state index in [2.05, 4.69) is 37.2 Å². The highest BCUT2D eigenvalue weighted by Gasteiger charge is 2.37. The zero-order valence-electron chi connectivity index (χ0n) is 16.6. The third kappa shape index (κ3) is 4.00. The molecule has 31 heavy (non-hydrogen) atoms. The first-order chi connectivity index (χ1) is 14.8. The number of barbiturate groups is 1. The van der Waals surface area contributed by atoms with E-state index in [0.29, 0.717) is 10.2 Å². The second kappa shape index (κ2) is 8.28. The summed E-state index contributed by atoms with van der Waals surface area (Å²) in [4.78, 5) is 39.0. The van der Waals surface area contributed by atoms with Crippen molar-refractivity contribution in [3.8, 4) is 5.69 Å². The molecule has 2 aromatic carbocycles. The highest BCUT2D eigenvalue weighted by atomic mass is 79.9. The molecular weight excluding hydrogens is 526 g/mol. The summed E-state index contributed by atoms with van der Waals surface area (Å²) >= 11 is 6.78. The van der Waals surface area contributed by atoms with Crippen molar-refractivity contribution in [1.29, 1.82) is 0 Å². The average Bonchev–Trinajstić information content (AvgIpc) is 2.99. The van der Waals surface area contributed by atoms with E-state index in [9.17, 15) is 14.4 Å². The molecule has 156 valence electrons. The Morgan fingerprint density at radius 2 is 1.58 bits per heavy atom. The van der Waals surface area contributed by atoms with E-state index in [1.165, 1.54) is 6.08 Å². The number of hydrogen-bond donors (Lipinski definition) is 1. The van der Waals surface area contributed by atoms with Crippen molar-refractivity contribution < 1.29 is 14.4 Å². The van der Waals surface area contributed by atoms with Crippen molar-refractivity contribution in [3.63, 3.8) is 0 Å². The number of benzene rings is 2. The molecule has 0 aliphatic carbocycles. The van der Waals surface area contributed by atoms with Crippen LogP contribution in [0.5, 0.6) is 0 Å². The quantitative estimate of drug-likeness (QED) is 0.361. The Labute approximate surface area is 195 Å². The van der Waals surface area contributed by atoms with Crippen molar-refractivity contribution in [3.05, 3.63) is 86.1 Å². The van der Waals surface area contributed by atoms with Gasteiger partial charge in [-0.05, 0) is 74.0 Å². The molecule has 1 fully saturated rings. The number of anilines is 1. The van der Waals surface area contributed by atoms with Crippen LogP contribution in [0.2, 0.25) is 0 Å². The maximum Gasteiger partial charge on any atom is 0.335 e. The molecule has 1 aromatic heterocycles. The summed E-state index contributed by atoms with van der Waals surface area (Å²) in [5, 5.41) is 2.26. The summed E-state index contributed by atoms with van der Waals surface area (Å²) in [7, 11) is 0. The molecule has 4 rings (SSSR count). The Balaban J connectivity index is 1.76. The fourth-order valence-electron chi connectivity index (χ4n) is 3.58. The molecule has 0 atom stereocenters. The molecule has 6 nitrogen and oxygen atoms in total. The van der Waals surface area contributed by atoms with E-state index in [1.807, 2.05) is 48.7 Å². The van der Waals surface area contributed by atoms with Crippen LogP contribution >= 0.6 is 31.9 Å². The molecule has 0 unspecified atom stereocenters. The molecule has 2 heterocycles. The number of halogens is 2. The summed E-state index contributed by atoms with van der Waals surface area (Å²) in [5.74, 6) is -1.38. The van der Waals surface area contributed by atoms with Gasteiger partial charge >= 0.3 is 6.03 Å². The number of carbonyl (C=O) groups is 3. The summed E-state index contributed by atoms with van der Waals surface area (Å²) in [6.07, 6.45) is 1.53. The number of nitrogens with zero attached hydrogens (tertiary/aromatic N) is 2. The predicted octanol–water partition coefficient (Wildman–Crippen LogP) is 5.29. The van der Waals surface area contributed by atoms with Crippen LogP contribution in [0.1, 0.15) is 17.0 Å². The van der Waals surface area contributed by atoms with Crippen LogP contribution in [0.3, 0.4) is 0 Å². The molecule has 3 aromatic rings. The Morgan fingerprint density at radius 1 is 0.871 bits per heavy atom. The van der Waals surface area contributed by atoms with Crippen molar-refractivity contribution >= 4 is 61.5 Å². The van der Waals surface area contributed by atoms with Crippen molar-refractivity contribution in [2.75, 3.05) is 4.90 Å². The Hall–Kier alpha value is -2.97. The van der Waals surface area contributed by atoms with E-state index in [1.54, 1.807) is 24.3 Å². The number of aryl methyl sites for hydroxylation is 1. The molecule has 4 amide bonds. The van der Waals surface area contributed by atoms with Crippen molar-refractivity contribution in [2.45, 2.75) is 13.8 Å². The van der Waals surface area contributed by atoms with E-state index < -0.39 is 17.8 Å². The standard InChI is InChI=1S/C23H17Br2N3O3/c1-13-10-15(14(2)27(13)18-8-6-16(24)7-9-18)11-20-21(29)26-23(31)28(22(20)30)19-5-3-4-17(25)12-19/h3-12H,1-2H3,(H,26,29,31)/b20-11-. The number of aromatic nitrogens is 1. The minimum atomic E-state index is -0.773. The maximum absolute atomic E-state index is 13.1. The Bertz CT molecular complexity index is 1260. The van der Waals surface area contributed by atoms with Gasteiger partial charge in [-0.3, -0.25) is 14.9 Å². The number of urea groups is 1. The number of carbonyl (C=O) groups excluding carboxylic acids is 3. The molecular formula is C23H17Br2N3O3. The summed E-state index contributed by atoms with van der Waals surface area (Å²) in [6.45, 7) is 3.88. The van der Waals surface area contributed by atoms with Gasteiger partial charge in [-0.1, -0.05) is 37.9 Å². The number of rotatable bonds is 3. The third-order valence-corrected chi connectivity index (χ3v) is 6.04.